The molecule has 0 saturated heterocycles. The molecule has 0 saturated carbocycles. The number of amidine groups is 1. The molecule has 82 valence electrons. The number of oxime groups is 1. The van der Waals surface area contributed by atoms with Crippen LogP contribution in [0.4, 0.5) is 5.82 Å². The predicted octanol–water partition coefficient (Wildman–Crippen LogP) is 0.859. The molecule has 0 aliphatic rings. The highest BCUT2D eigenvalue weighted by Gasteiger charge is 2.14. The Kier molecular flexibility index (Phi) is 3.14. The Morgan fingerprint density at radius 3 is 2.53 bits per heavy atom. The largest absolute Gasteiger partial charge is 0.409 e. The van der Waals surface area contributed by atoms with Gasteiger partial charge in [-0.05, 0) is 25.5 Å². The van der Waals surface area contributed by atoms with Gasteiger partial charge < -0.3 is 15.8 Å². The van der Waals surface area contributed by atoms with Gasteiger partial charge in [-0.2, -0.15) is 0 Å². The smallest absolute Gasteiger partial charge is 0.174 e. The van der Waals surface area contributed by atoms with Crippen LogP contribution in [0.15, 0.2) is 11.2 Å². The zero-order chi connectivity index (χ0) is 11.6. The third kappa shape index (κ3) is 2.18. The maximum atomic E-state index is 8.70. The van der Waals surface area contributed by atoms with Crippen molar-refractivity contribution in [3.63, 3.8) is 0 Å². The Balaban J connectivity index is 3.47. The maximum absolute atomic E-state index is 8.70. The standard InChI is InChI=1S/C10H16N4O/c1-6-5-7(2)12-10(14(3)4)8(6)9(11)13-15/h5,15H,1-4H3,(H2,11,13). The van der Waals surface area contributed by atoms with E-state index < -0.39 is 0 Å². The summed E-state index contributed by atoms with van der Waals surface area (Å²) in [5, 5.41) is 11.7. The molecule has 1 aromatic heterocycles. The minimum absolute atomic E-state index is 0.0868. The molecule has 5 nitrogen and oxygen atoms in total. The molecule has 0 atom stereocenters. The van der Waals surface area contributed by atoms with E-state index in [4.69, 9.17) is 10.9 Å². The number of aryl methyl sites for hydroxylation is 2. The predicted molar refractivity (Wildman–Crippen MR) is 60.5 cm³/mol. The van der Waals surface area contributed by atoms with Crippen molar-refractivity contribution in [2.75, 3.05) is 19.0 Å². The quantitative estimate of drug-likeness (QED) is 0.327. The number of aromatic nitrogens is 1. The van der Waals surface area contributed by atoms with Gasteiger partial charge in [-0.25, -0.2) is 4.98 Å². The Morgan fingerprint density at radius 2 is 2.07 bits per heavy atom. The van der Waals surface area contributed by atoms with E-state index >= 15 is 0 Å². The third-order valence-electron chi connectivity index (χ3n) is 2.11. The summed E-state index contributed by atoms with van der Waals surface area (Å²) in [6.07, 6.45) is 0. The molecule has 15 heavy (non-hydrogen) atoms. The van der Waals surface area contributed by atoms with Gasteiger partial charge >= 0.3 is 0 Å². The molecule has 0 amide bonds. The molecule has 0 bridgehead atoms. The Bertz CT molecular complexity index is 399. The van der Waals surface area contributed by atoms with Crippen molar-refractivity contribution in [2.45, 2.75) is 13.8 Å². The lowest BCUT2D eigenvalue weighted by atomic mass is 10.1. The lowest BCUT2D eigenvalue weighted by Gasteiger charge is -2.18. The van der Waals surface area contributed by atoms with E-state index in [1.54, 1.807) is 0 Å². The van der Waals surface area contributed by atoms with Crippen LogP contribution in [0.5, 0.6) is 0 Å². The fourth-order valence-corrected chi connectivity index (χ4v) is 1.51. The molecule has 0 aliphatic heterocycles. The molecule has 0 fully saturated rings. The van der Waals surface area contributed by atoms with Crippen LogP contribution in [0.1, 0.15) is 16.8 Å². The topological polar surface area (TPSA) is 74.7 Å². The summed E-state index contributed by atoms with van der Waals surface area (Å²) in [5.74, 6) is 0.798. The first-order chi connectivity index (χ1) is 6.97. The number of nitrogens with zero attached hydrogens (tertiary/aromatic N) is 3. The van der Waals surface area contributed by atoms with Gasteiger partial charge in [-0.3, -0.25) is 0 Å². The molecule has 1 aromatic rings. The lowest BCUT2D eigenvalue weighted by molar-refractivity contribution is 0.318. The van der Waals surface area contributed by atoms with Gasteiger partial charge in [0.15, 0.2) is 5.84 Å². The Labute approximate surface area is 89.2 Å². The normalized spacial score (nSPS) is 11.6. The zero-order valence-corrected chi connectivity index (χ0v) is 9.44. The summed E-state index contributed by atoms with van der Waals surface area (Å²) < 4.78 is 0. The van der Waals surface area contributed by atoms with Crippen LogP contribution < -0.4 is 10.6 Å². The molecule has 3 N–H and O–H groups in total. The van der Waals surface area contributed by atoms with E-state index in [9.17, 15) is 0 Å². The first kappa shape index (κ1) is 11.3. The van der Waals surface area contributed by atoms with Crippen molar-refractivity contribution in [3.05, 3.63) is 22.9 Å². The van der Waals surface area contributed by atoms with E-state index in [0.717, 1.165) is 11.3 Å². The second-order valence-electron chi connectivity index (χ2n) is 3.66. The fraction of sp³-hybridized carbons (Fsp3) is 0.400. The third-order valence-corrected chi connectivity index (χ3v) is 2.11. The van der Waals surface area contributed by atoms with Crippen LogP contribution in [0.25, 0.3) is 0 Å². The van der Waals surface area contributed by atoms with Gasteiger partial charge in [0.25, 0.3) is 0 Å². The van der Waals surface area contributed by atoms with Crippen LogP contribution in [-0.4, -0.2) is 30.1 Å². The van der Waals surface area contributed by atoms with E-state index in [1.165, 1.54) is 0 Å². The van der Waals surface area contributed by atoms with Crippen molar-refractivity contribution >= 4 is 11.7 Å². The van der Waals surface area contributed by atoms with E-state index in [0.29, 0.717) is 11.4 Å². The molecule has 0 spiro atoms. The van der Waals surface area contributed by atoms with Gasteiger partial charge in [0.1, 0.15) is 5.82 Å². The average molecular weight is 208 g/mol. The molecular formula is C10H16N4O. The maximum Gasteiger partial charge on any atom is 0.174 e. The second-order valence-corrected chi connectivity index (χ2v) is 3.66. The molecule has 5 heteroatoms. The van der Waals surface area contributed by atoms with Crippen molar-refractivity contribution in [2.24, 2.45) is 10.9 Å². The Hall–Kier alpha value is -1.78. The summed E-state index contributed by atoms with van der Waals surface area (Å²) in [5.41, 5.74) is 8.15. The number of pyridine rings is 1. The van der Waals surface area contributed by atoms with Crippen molar-refractivity contribution < 1.29 is 5.21 Å². The van der Waals surface area contributed by atoms with Crippen LogP contribution in [-0.2, 0) is 0 Å². The van der Waals surface area contributed by atoms with Crippen LogP contribution in [0.3, 0.4) is 0 Å². The molecule has 1 heterocycles. The molecule has 0 unspecified atom stereocenters. The fourth-order valence-electron chi connectivity index (χ4n) is 1.51. The second kappa shape index (κ2) is 4.16. The van der Waals surface area contributed by atoms with E-state index in [2.05, 4.69) is 10.1 Å². The highest BCUT2D eigenvalue weighted by atomic mass is 16.4. The first-order valence-corrected chi connectivity index (χ1v) is 4.60. The number of nitrogens with two attached hydrogens (primary N) is 1. The van der Waals surface area contributed by atoms with Crippen molar-refractivity contribution in [1.29, 1.82) is 0 Å². The van der Waals surface area contributed by atoms with Gasteiger partial charge in [0, 0.05) is 19.8 Å². The molecule has 0 aromatic carbocycles. The van der Waals surface area contributed by atoms with Gasteiger partial charge in [0.2, 0.25) is 0 Å². The van der Waals surface area contributed by atoms with Crippen LogP contribution in [0.2, 0.25) is 0 Å². The van der Waals surface area contributed by atoms with E-state index in [-0.39, 0.29) is 5.84 Å². The monoisotopic (exact) mass is 208 g/mol. The molecule has 0 aliphatic carbocycles. The first-order valence-electron chi connectivity index (χ1n) is 4.60. The van der Waals surface area contributed by atoms with Crippen LogP contribution in [0, 0.1) is 13.8 Å². The number of anilines is 1. The molecule has 0 radical (unpaired) electrons. The Morgan fingerprint density at radius 1 is 1.47 bits per heavy atom. The number of hydrogen-bond donors (Lipinski definition) is 2. The van der Waals surface area contributed by atoms with Gasteiger partial charge in [-0.1, -0.05) is 5.16 Å². The molecule has 1 rings (SSSR count). The average Bonchev–Trinajstić information content (AvgIpc) is 2.15. The SMILES string of the molecule is Cc1cc(C)c(C(N)=NO)c(N(C)C)n1. The number of rotatable bonds is 2. The number of hydrogen-bond acceptors (Lipinski definition) is 4. The van der Waals surface area contributed by atoms with Gasteiger partial charge in [0.05, 0.1) is 5.56 Å². The minimum Gasteiger partial charge on any atom is -0.409 e. The van der Waals surface area contributed by atoms with Gasteiger partial charge in [-0.15, -0.1) is 0 Å². The molecular weight excluding hydrogens is 192 g/mol. The van der Waals surface area contributed by atoms with Crippen LogP contribution >= 0.6 is 0 Å². The van der Waals surface area contributed by atoms with Crippen molar-refractivity contribution in [1.82, 2.24) is 4.98 Å². The van der Waals surface area contributed by atoms with E-state index in [1.807, 2.05) is 38.9 Å². The highest BCUT2D eigenvalue weighted by molar-refractivity contribution is 6.02. The summed E-state index contributed by atoms with van der Waals surface area (Å²) in [4.78, 5) is 6.20. The summed E-state index contributed by atoms with van der Waals surface area (Å²) in [7, 11) is 3.74. The minimum atomic E-state index is 0.0868. The summed E-state index contributed by atoms with van der Waals surface area (Å²) in [6, 6.07) is 1.90. The summed E-state index contributed by atoms with van der Waals surface area (Å²) in [6.45, 7) is 3.82. The highest BCUT2D eigenvalue weighted by Crippen LogP contribution is 2.20. The zero-order valence-electron chi connectivity index (χ0n) is 9.44. The summed E-state index contributed by atoms with van der Waals surface area (Å²) >= 11 is 0. The lowest BCUT2D eigenvalue weighted by Crippen LogP contribution is -2.22. The van der Waals surface area contributed by atoms with Crippen molar-refractivity contribution in [3.8, 4) is 0 Å².